The smallest absolute Gasteiger partial charge is 0.179 e. The Bertz CT molecular complexity index is 354. The molecule has 0 fully saturated rings. The number of ketones is 1. The lowest BCUT2D eigenvalue weighted by molar-refractivity contribution is 0.0974. The number of aromatic amines is 1. The molecule has 0 amide bonds. The molecule has 1 aromatic heterocycles. The molecule has 108 valence electrons. The predicted molar refractivity (Wildman–Crippen MR) is 81.7 cm³/mol. The average Bonchev–Trinajstić information content (AvgIpc) is 2.83. The van der Waals surface area contributed by atoms with Gasteiger partial charge < -0.3 is 4.98 Å². The Morgan fingerprint density at radius 2 is 1.53 bits per heavy atom. The van der Waals surface area contributed by atoms with Gasteiger partial charge in [-0.15, -0.1) is 0 Å². The molecule has 0 atom stereocenters. The second kappa shape index (κ2) is 9.82. The lowest BCUT2D eigenvalue weighted by atomic mass is 10.0. The van der Waals surface area contributed by atoms with Gasteiger partial charge in [-0.1, -0.05) is 58.3 Å². The summed E-state index contributed by atoms with van der Waals surface area (Å²) in [6.07, 6.45) is 12.4. The van der Waals surface area contributed by atoms with Gasteiger partial charge in [0.2, 0.25) is 0 Å². The van der Waals surface area contributed by atoms with E-state index in [1.54, 1.807) is 0 Å². The third kappa shape index (κ3) is 7.19. The van der Waals surface area contributed by atoms with Crippen LogP contribution in [-0.2, 0) is 0 Å². The SMILES string of the molecule is CCCCCCCCCCCC(=O)c1ccc(C)[nH]1. The van der Waals surface area contributed by atoms with Crippen molar-refractivity contribution >= 4 is 5.78 Å². The van der Waals surface area contributed by atoms with E-state index in [1.807, 2.05) is 19.1 Å². The van der Waals surface area contributed by atoms with E-state index >= 15 is 0 Å². The standard InChI is InChI=1S/C17H29NO/c1-3-4-5-6-7-8-9-10-11-12-17(19)16-14-13-15(2)18-16/h13-14,18H,3-12H2,1-2H3. The molecular weight excluding hydrogens is 234 g/mol. The zero-order chi connectivity index (χ0) is 13.9. The van der Waals surface area contributed by atoms with Gasteiger partial charge >= 0.3 is 0 Å². The maximum atomic E-state index is 11.8. The lowest BCUT2D eigenvalue weighted by Crippen LogP contribution is -1.99. The van der Waals surface area contributed by atoms with Crippen molar-refractivity contribution in [3.05, 3.63) is 23.5 Å². The Labute approximate surface area is 118 Å². The second-order valence-electron chi connectivity index (χ2n) is 5.56. The van der Waals surface area contributed by atoms with E-state index in [1.165, 1.54) is 51.4 Å². The first kappa shape index (κ1) is 16.0. The van der Waals surface area contributed by atoms with Gasteiger partial charge in [0, 0.05) is 12.1 Å². The van der Waals surface area contributed by atoms with Crippen molar-refractivity contribution in [1.29, 1.82) is 0 Å². The fourth-order valence-corrected chi connectivity index (χ4v) is 2.40. The van der Waals surface area contributed by atoms with Gasteiger partial charge in [-0.3, -0.25) is 4.79 Å². The summed E-state index contributed by atoms with van der Waals surface area (Å²) < 4.78 is 0. The Balaban J connectivity index is 1.95. The molecule has 0 saturated carbocycles. The summed E-state index contributed by atoms with van der Waals surface area (Å²) >= 11 is 0. The molecule has 0 radical (unpaired) electrons. The molecule has 0 spiro atoms. The van der Waals surface area contributed by atoms with E-state index in [0.717, 1.165) is 17.8 Å². The molecule has 19 heavy (non-hydrogen) atoms. The number of aryl methyl sites for hydroxylation is 1. The summed E-state index contributed by atoms with van der Waals surface area (Å²) in [5.74, 6) is 0.260. The Morgan fingerprint density at radius 1 is 0.947 bits per heavy atom. The summed E-state index contributed by atoms with van der Waals surface area (Å²) in [5.41, 5.74) is 1.84. The molecule has 2 heteroatoms. The van der Waals surface area contributed by atoms with Crippen LogP contribution in [0.2, 0.25) is 0 Å². The van der Waals surface area contributed by atoms with Crippen LogP contribution in [0.5, 0.6) is 0 Å². The number of hydrogen-bond donors (Lipinski definition) is 1. The third-order valence-corrected chi connectivity index (χ3v) is 3.64. The van der Waals surface area contributed by atoms with E-state index in [-0.39, 0.29) is 5.78 Å². The normalized spacial score (nSPS) is 10.8. The number of nitrogens with one attached hydrogen (secondary N) is 1. The van der Waals surface area contributed by atoms with Crippen molar-refractivity contribution in [2.75, 3.05) is 0 Å². The fourth-order valence-electron chi connectivity index (χ4n) is 2.40. The number of hydrogen-bond acceptors (Lipinski definition) is 1. The molecule has 1 aromatic rings. The lowest BCUT2D eigenvalue weighted by Gasteiger charge is -2.01. The van der Waals surface area contributed by atoms with E-state index in [2.05, 4.69) is 11.9 Å². The number of Topliss-reactive ketones (excluding diaryl/α,β-unsaturated/α-hetero) is 1. The molecule has 0 aliphatic heterocycles. The predicted octanol–water partition coefficient (Wildman–Crippen LogP) is 5.43. The summed E-state index contributed by atoms with van der Waals surface area (Å²) in [7, 11) is 0. The zero-order valence-electron chi connectivity index (χ0n) is 12.6. The number of unbranched alkanes of at least 4 members (excludes halogenated alkanes) is 8. The molecule has 2 nitrogen and oxygen atoms in total. The molecule has 1 heterocycles. The number of carbonyl (C=O) groups is 1. The van der Waals surface area contributed by atoms with Gasteiger partial charge in [0.15, 0.2) is 5.78 Å². The van der Waals surface area contributed by atoms with Crippen molar-refractivity contribution in [2.45, 2.75) is 78.1 Å². The molecular formula is C17H29NO. The largest absolute Gasteiger partial charge is 0.356 e. The van der Waals surface area contributed by atoms with Crippen LogP contribution < -0.4 is 0 Å². The maximum Gasteiger partial charge on any atom is 0.179 e. The van der Waals surface area contributed by atoms with Gasteiger partial charge in [0.05, 0.1) is 5.69 Å². The van der Waals surface area contributed by atoms with Crippen molar-refractivity contribution in [2.24, 2.45) is 0 Å². The second-order valence-corrected chi connectivity index (χ2v) is 5.56. The van der Waals surface area contributed by atoms with Crippen LogP contribution in [0, 0.1) is 6.92 Å². The molecule has 1 rings (SSSR count). The molecule has 1 N–H and O–H groups in total. The van der Waals surface area contributed by atoms with Crippen LogP contribution in [0.4, 0.5) is 0 Å². The van der Waals surface area contributed by atoms with Gasteiger partial charge in [-0.25, -0.2) is 0 Å². The number of H-pyrrole nitrogens is 1. The minimum absolute atomic E-state index is 0.260. The summed E-state index contributed by atoms with van der Waals surface area (Å²) in [6, 6.07) is 3.86. The van der Waals surface area contributed by atoms with Crippen molar-refractivity contribution in [3.63, 3.8) is 0 Å². The average molecular weight is 263 g/mol. The highest BCUT2D eigenvalue weighted by Crippen LogP contribution is 2.12. The summed E-state index contributed by atoms with van der Waals surface area (Å²) in [4.78, 5) is 14.9. The van der Waals surface area contributed by atoms with E-state index < -0.39 is 0 Å². The first-order valence-corrected chi connectivity index (χ1v) is 7.93. The topological polar surface area (TPSA) is 32.9 Å². The first-order valence-electron chi connectivity index (χ1n) is 7.93. The van der Waals surface area contributed by atoms with E-state index in [0.29, 0.717) is 6.42 Å². The van der Waals surface area contributed by atoms with Crippen LogP contribution in [0.1, 0.15) is 87.3 Å². The van der Waals surface area contributed by atoms with Crippen molar-refractivity contribution in [1.82, 2.24) is 4.98 Å². The highest BCUT2D eigenvalue weighted by Gasteiger charge is 2.06. The Morgan fingerprint density at radius 3 is 2.05 bits per heavy atom. The van der Waals surface area contributed by atoms with E-state index in [9.17, 15) is 4.79 Å². The number of rotatable bonds is 11. The molecule has 0 aliphatic carbocycles. The highest BCUT2D eigenvalue weighted by atomic mass is 16.1. The summed E-state index contributed by atoms with van der Waals surface area (Å²) in [6.45, 7) is 4.23. The van der Waals surface area contributed by atoms with Crippen molar-refractivity contribution in [3.8, 4) is 0 Å². The molecule has 0 saturated heterocycles. The number of carbonyl (C=O) groups excluding carboxylic acids is 1. The van der Waals surface area contributed by atoms with Crippen LogP contribution >= 0.6 is 0 Å². The van der Waals surface area contributed by atoms with E-state index in [4.69, 9.17) is 0 Å². The molecule has 0 aliphatic rings. The van der Waals surface area contributed by atoms with Crippen LogP contribution in [0.3, 0.4) is 0 Å². The van der Waals surface area contributed by atoms with Gasteiger partial charge in [-0.05, 0) is 25.5 Å². The fraction of sp³-hybridized carbons (Fsp3) is 0.706. The van der Waals surface area contributed by atoms with Crippen LogP contribution in [0.15, 0.2) is 12.1 Å². The summed E-state index contributed by atoms with van der Waals surface area (Å²) in [5, 5.41) is 0. The Hall–Kier alpha value is -1.05. The number of aromatic nitrogens is 1. The molecule has 0 bridgehead atoms. The highest BCUT2D eigenvalue weighted by molar-refractivity contribution is 5.94. The zero-order valence-corrected chi connectivity index (χ0v) is 12.6. The van der Waals surface area contributed by atoms with Gasteiger partial charge in [-0.2, -0.15) is 0 Å². The maximum absolute atomic E-state index is 11.8. The first-order chi connectivity index (χ1) is 9.24. The van der Waals surface area contributed by atoms with Crippen LogP contribution in [0.25, 0.3) is 0 Å². The molecule has 0 unspecified atom stereocenters. The van der Waals surface area contributed by atoms with Gasteiger partial charge in [0.25, 0.3) is 0 Å². The minimum Gasteiger partial charge on any atom is -0.356 e. The quantitative estimate of drug-likeness (QED) is 0.419. The van der Waals surface area contributed by atoms with Crippen LogP contribution in [-0.4, -0.2) is 10.8 Å². The van der Waals surface area contributed by atoms with Gasteiger partial charge in [0.1, 0.15) is 0 Å². The monoisotopic (exact) mass is 263 g/mol. The van der Waals surface area contributed by atoms with Crippen molar-refractivity contribution < 1.29 is 4.79 Å². The third-order valence-electron chi connectivity index (χ3n) is 3.64. The molecule has 0 aromatic carbocycles. The minimum atomic E-state index is 0.260. The Kier molecular flexibility index (Phi) is 8.28.